The Balaban J connectivity index is 1.93. The van der Waals surface area contributed by atoms with Crippen molar-refractivity contribution in [1.29, 1.82) is 10.8 Å². The molecule has 0 aliphatic heterocycles. The summed E-state index contributed by atoms with van der Waals surface area (Å²) >= 11 is 0. The minimum Gasteiger partial charge on any atom is -0.404 e. The Morgan fingerprint density at radius 3 is 2.44 bits per heavy atom. The van der Waals surface area contributed by atoms with E-state index in [9.17, 15) is 22.4 Å². The number of hydrogen-bond donors (Lipinski definition) is 5. The van der Waals surface area contributed by atoms with Gasteiger partial charge in [0.2, 0.25) is 6.41 Å². The largest absolute Gasteiger partial charge is 0.433 e. The molecule has 202 valence electrons. The van der Waals surface area contributed by atoms with Gasteiger partial charge in [-0.1, -0.05) is 0 Å². The van der Waals surface area contributed by atoms with E-state index in [1.54, 1.807) is 13.0 Å². The quantitative estimate of drug-likeness (QED) is 0.113. The number of rotatable bonds is 7. The Hall–Kier alpha value is -4.54. The number of amides is 1. The number of nitrogens with one attached hydrogen (secondary N) is 3. The van der Waals surface area contributed by atoms with Gasteiger partial charge in [-0.15, -0.1) is 0 Å². The molecule has 0 fully saturated rings. The summed E-state index contributed by atoms with van der Waals surface area (Å²) in [5, 5.41) is 19.7. The molecule has 3 aromatic rings. The van der Waals surface area contributed by atoms with Crippen LogP contribution in [0.2, 0.25) is 0 Å². The Morgan fingerprint density at radius 2 is 1.79 bits per heavy atom. The van der Waals surface area contributed by atoms with Crippen molar-refractivity contribution >= 4 is 51.3 Å². The zero-order valence-electron chi connectivity index (χ0n) is 21.0. The predicted molar refractivity (Wildman–Crippen MR) is 145 cm³/mol. The lowest BCUT2D eigenvalue weighted by Crippen LogP contribution is -2.25. The van der Waals surface area contributed by atoms with Crippen LogP contribution in [0.5, 0.6) is 0 Å². The number of benzene rings is 2. The SMILES string of the molecule is C/C(=C\C(=N)c1c(N)ccc2nc(/C(=C/N)C(=N)C(F)(F)F)c3c(c12)CCCC3)c1cc(F)ccc1NC=O. The fourth-order valence-electron chi connectivity index (χ4n) is 4.98. The number of fused-ring (bicyclic) bond motifs is 3. The number of anilines is 2. The van der Waals surface area contributed by atoms with Crippen molar-refractivity contribution in [1.82, 2.24) is 4.98 Å². The molecule has 1 aliphatic carbocycles. The molecule has 1 aliphatic rings. The van der Waals surface area contributed by atoms with Crippen LogP contribution in [-0.4, -0.2) is 29.0 Å². The third-order valence-electron chi connectivity index (χ3n) is 6.73. The lowest BCUT2D eigenvalue weighted by molar-refractivity contribution is -0.105. The van der Waals surface area contributed by atoms with Gasteiger partial charge in [-0.05, 0) is 85.7 Å². The number of nitrogens with two attached hydrogens (primary N) is 2. The first-order valence-electron chi connectivity index (χ1n) is 12.1. The average Bonchev–Trinajstić information content (AvgIpc) is 2.89. The molecule has 11 heteroatoms. The highest BCUT2D eigenvalue weighted by atomic mass is 19.4. The topological polar surface area (TPSA) is 142 Å². The van der Waals surface area contributed by atoms with Crippen molar-refractivity contribution < 1.29 is 22.4 Å². The van der Waals surface area contributed by atoms with Gasteiger partial charge in [-0.2, -0.15) is 13.2 Å². The van der Waals surface area contributed by atoms with Gasteiger partial charge in [0.1, 0.15) is 11.5 Å². The summed E-state index contributed by atoms with van der Waals surface area (Å²) in [4.78, 5) is 15.5. The van der Waals surface area contributed by atoms with Gasteiger partial charge in [0, 0.05) is 39.7 Å². The van der Waals surface area contributed by atoms with Crippen LogP contribution in [-0.2, 0) is 17.6 Å². The van der Waals surface area contributed by atoms with Gasteiger partial charge in [0.25, 0.3) is 0 Å². The van der Waals surface area contributed by atoms with Gasteiger partial charge in [-0.25, -0.2) is 9.37 Å². The summed E-state index contributed by atoms with van der Waals surface area (Å²) < 4.78 is 54.4. The van der Waals surface area contributed by atoms with Crippen LogP contribution in [0.25, 0.3) is 22.0 Å². The minimum absolute atomic E-state index is 0.000314. The fraction of sp³-hybridized carbons (Fsp3) is 0.214. The molecule has 0 radical (unpaired) electrons. The molecule has 0 saturated heterocycles. The molecular formula is C28H26F4N6O. The van der Waals surface area contributed by atoms with Crippen LogP contribution in [0.15, 0.2) is 42.6 Å². The third-order valence-corrected chi connectivity index (χ3v) is 6.73. The number of nitrogens with zero attached hydrogens (tertiary/aromatic N) is 1. The predicted octanol–water partition coefficient (Wildman–Crippen LogP) is 5.76. The minimum atomic E-state index is -4.91. The zero-order valence-corrected chi connectivity index (χ0v) is 21.0. The van der Waals surface area contributed by atoms with E-state index in [2.05, 4.69) is 10.3 Å². The number of halogens is 4. The molecule has 1 aromatic heterocycles. The zero-order chi connectivity index (χ0) is 28.5. The second-order valence-electron chi connectivity index (χ2n) is 9.19. The molecule has 1 heterocycles. The second-order valence-corrected chi connectivity index (χ2v) is 9.19. The van der Waals surface area contributed by atoms with Gasteiger partial charge >= 0.3 is 6.18 Å². The number of carbonyl (C=O) groups excluding carboxylic acids is 1. The monoisotopic (exact) mass is 538 g/mol. The van der Waals surface area contributed by atoms with Crippen LogP contribution in [0.4, 0.5) is 28.9 Å². The smallest absolute Gasteiger partial charge is 0.404 e. The Labute approximate surface area is 221 Å². The van der Waals surface area contributed by atoms with Crippen molar-refractivity contribution in [3.63, 3.8) is 0 Å². The van der Waals surface area contributed by atoms with Crippen LogP contribution >= 0.6 is 0 Å². The number of aromatic nitrogens is 1. The Kier molecular flexibility index (Phi) is 7.53. The highest BCUT2D eigenvalue weighted by Crippen LogP contribution is 2.38. The van der Waals surface area contributed by atoms with E-state index < -0.39 is 23.3 Å². The van der Waals surface area contributed by atoms with E-state index in [1.165, 1.54) is 30.3 Å². The molecule has 0 unspecified atom stereocenters. The fourth-order valence-corrected chi connectivity index (χ4v) is 4.98. The van der Waals surface area contributed by atoms with Crippen LogP contribution in [0.3, 0.4) is 0 Å². The number of pyridine rings is 1. The molecule has 1 amide bonds. The molecule has 39 heavy (non-hydrogen) atoms. The third kappa shape index (κ3) is 5.25. The van der Waals surface area contributed by atoms with Gasteiger partial charge in [0.05, 0.1) is 16.9 Å². The molecule has 0 bridgehead atoms. The Bertz CT molecular complexity index is 1570. The van der Waals surface area contributed by atoms with E-state index in [4.69, 9.17) is 22.3 Å². The van der Waals surface area contributed by atoms with Crippen molar-refractivity contribution in [3.05, 3.63) is 76.4 Å². The second kappa shape index (κ2) is 10.7. The van der Waals surface area contributed by atoms with Crippen LogP contribution in [0, 0.1) is 16.6 Å². The number of aryl methyl sites for hydroxylation is 1. The van der Waals surface area contributed by atoms with E-state index in [0.29, 0.717) is 70.1 Å². The number of alkyl halides is 3. The normalized spacial score (nSPS) is 14.2. The number of hydrogen-bond acceptors (Lipinski definition) is 6. The van der Waals surface area contributed by atoms with Crippen molar-refractivity contribution in [2.45, 2.75) is 38.8 Å². The highest BCUT2D eigenvalue weighted by Gasteiger charge is 2.39. The summed E-state index contributed by atoms with van der Waals surface area (Å²) in [6.45, 7) is 1.66. The Morgan fingerprint density at radius 1 is 1.10 bits per heavy atom. The average molecular weight is 539 g/mol. The van der Waals surface area contributed by atoms with E-state index in [1.807, 2.05) is 0 Å². The molecule has 4 rings (SSSR count). The molecule has 2 aromatic carbocycles. The molecule has 7 N–H and O–H groups in total. The maximum absolute atomic E-state index is 14.0. The lowest BCUT2D eigenvalue weighted by atomic mass is 9.83. The lowest BCUT2D eigenvalue weighted by Gasteiger charge is -2.24. The maximum atomic E-state index is 14.0. The summed E-state index contributed by atoms with van der Waals surface area (Å²) in [6.07, 6.45) is 0.233. The number of allylic oxidation sites excluding steroid dienone is 3. The van der Waals surface area contributed by atoms with E-state index in [-0.39, 0.29) is 17.1 Å². The van der Waals surface area contributed by atoms with Crippen molar-refractivity contribution in [3.8, 4) is 0 Å². The summed E-state index contributed by atoms with van der Waals surface area (Å²) in [7, 11) is 0. The first-order chi connectivity index (χ1) is 18.5. The standard InChI is InChI=1S/C28H26F4N6O/c1-14(18-11-15(29)6-8-22(18)37-13-39)10-21(35)25-20(34)7-9-23-24(25)16-4-2-3-5-17(16)26(38-23)19(12-33)27(36)28(30,31)32/h6-13,35-36H,2-5,33-34H2,1H3,(H,37,39)/b14-10+,19-12-,35-21?,36-27?. The van der Waals surface area contributed by atoms with Crippen molar-refractivity contribution in [2.24, 2.45) is 5.73 Å². The molecular weight excluding hydrogens is 512 g/mol. The number of carbonyl (C=O) groups is 1. The van der Waals surface area contributed by atoms with Crippen molar-refractivity contribution in [2.75, 3.05) is 11.1 Å². The van der Waals surface area contributed by atoms with Gasteiger partial charge < -0.3 is 22.2 Å². The van der Waals surface area contributed by atoms with E-state index >= 15 is 0 Å². The maximum Gasteiger partial charge on any atom is 0.433 e. The first kappa shape index (κ1) is 27.5. The molecule has 0 saturated carbocycles. The number of nitrogen functional groups attached to an aromatic ring is 1. The summed E-state index contributed by atoms with van der Waals surface area (Å²) in [6, 6.07) is 6.94. The summed E-state index contributed by atoms with van der Waals surface area (Å²) in [5.41, 5.74) is 13.2. The summed E-state index contributed by atoms with van der Waals surface area (Å²) in [5.74, 6) is -0.524. The first-order valence-corrected chi connectivity index (χ1v) is 12.1. The highest BCUT2D eigenvalue weighted by molar-refractivity contribution is 6.26. The van der Waals surface area contributed by atoms with Crippen LogP contribution < -0.4 is 16.8 Å². The van der Waals surface area contributed by atoms with Crippen LogP contribution in [0.1, 0.15) is 47.7 Å². The van der Waals surface area contributed by atoms with E-state index in [0.717, 1.165) is 12.6 Å². The van der Waals surface area contributed by atoms with Gasteiger partial charge in [-0.3, -0.25) is 10.2 Å². The molecule has 0 spiro atoms. The van der Waals surface area contributed by atoms with Gasteiger partial charge in [0.15, 0.2) is 0 Å². The molecule has 0 atom stereocenters. The molecule has 7 nitrogen and oxygen atoms in total.